The number of hydrogen-bond acceptors (Lipinski definition) is 8. The maximum atomic E-state index is 13.6. The number of benzene rings is 1. The molecule has 0 aliphatic rings. The number of nitrogen functional groups attached to an aromatic ring is 1. The minimum atomic E-state index is -4.83. The second-order valence-electron chi connectivity index (χ2n) is 9.80. The normalized spacial score (nSPS) is 12.9. The van der Waals surface area contributed by atoms with Gasteiger partial charge in [-0.2, -0.15) is 26.3 Å². The van der Waals surface area contributed by atoms with Gasteiger partial charge in [0.2, 0.25) is 11.9 Å². The van der Waals surface area contributed by atoms with Crippen molar-refractivity contribution in [2.45, 2.75) is 43.6 Å². The van der Waals surface area contributed by atoms with Crippen molar-refractivity contribution in [3.63, 3.8) is 0 Å². The van der Waals surface area contributed by atoms with E-state index in [0.29, 0.717) is 16.2 Å². The maximum Gasteiger partial charge on any atom is 0.417 e. The molecule has 3 heterocycles. The number of anilines is 2. The van der Waals surface area contributed by atoms with Crippen LogP contribution in [0.5, 0.6) is 0 Å². The van der Waals surface area contributed by atoms with Crippen LogP contribution >= 0.6 is 0 Å². The fourth-order valence-corrected chi connectivity index (χ4v) is 5.16. The number of carbonyl (C=O) groups is 1. The van der Waals surface area contributed by atoms with E-state index >= 15 is 0 Å². The molecule has 17 heteroatoms. The molecule has 42 heavy (non-hydrogen) atoms. The van der Waals surface area contributed by atoms with E-state index in [2.05, 4.69) is 20.3 Å². The molecule has 0 saturated heterocycles. The molecule has 224 valence electrons. The molecule has 0 atom stereocenters. The smallest absolute Gasteiger partial charge is 0.396 e. The molecule has 0 aliphatic carbocycles. The van der Waals surface area contributed by atoms with Gasteiger partial charge in [-0.05, 0) is 39.0 Å². The van der Waals surface area contributed by atoms with Crippen LogP contribution < -0.4 is 16.4 Å². The summed E-state index contributed by atoms with van der Waals surface area (Å²) in [6.07, 6.45) is -6.93. The topological polar surface area (TPSA) is 145 Å². The quantitative estimate of drug-likeness (QED) is 0.258. The minimum absolute atomic E-state index is 0.164. The van der Waals surface area contributed by atoms with Crippen LogP contribution in [0.2, 0.25) is 0 Å². The molecular weight excluding hydrogens is 592 g/mol. The van der Waals surface area contributed by atoms with E-state index in [1.807, 2.05) is 0 Å². The van der Waals surface area contributed by atoms with Crippen LogP contribution in [0.1, 0.15) is 25.0 Å². The Bertz CT molecular complexity index is 1770. The van der Waals surface area contributed by atoms with Gasteiger partial charge in [0.05, 0.1) is 22.3 Å². The number of alkyl halides is 6. The third-order valence-electron chi connectivity index (χ3n) is 6.03. The van der Waals surface area contributed by atoms with Crippen molar-refractivity contribution in [3.05, 3.63) is 60.0 Å². The van der Waals surface area contributed by atoms with Gasteiger partial charge >= 0.3 is 12.4 Å². The van der Waals surface area contributed by atoms with E-state index in [1.54, 1.807) is 24.4 Å². The number of nitrogens with one attached hydrogen (secondary N) is 2. The first-order chi connectivity index (χ1) is 19.3. The van der Waals surface area contributed by atoms with Gasteiger partial charge in [0, 0.05) is 23.3 Å². The zero-order chi connectivity index (χ0) is 31.3. The van der Waals surface area contributed by atoms with Crippen molar-refractivity contribution in [1.82, 2.24) is 24.2 Å². The SMILES string of the molecule is Cc1ccc(S(=O)(=O)n2cc(-c3nc(NC(C)(C)C(=O)NCC(F)(F)F)ncc3N)c3cc(C(F)(F)F)cnc32)cc1. The van der Waals surface area contributed by atoms with Gasteiger partial charge in [-0.15, -0.1) is 0 Å². The third-order valence-corrected chi connectivity index (χ3v) is 7.69. The predicted octanol–water partition coefficient (Wildman–Crippen LogP) is 4.51. The first kappa shape index (κ1) is 30.5. The van der Waals surface area contributed by atoms with Crippen molar-refractivity contribution in [1.29, 1.82) is 0 Å². The fraction of sp³-hybridized carbons (Fsp3) is 0.280. The number of nitrogens with zero attached hydrogens (tertiary/aromatic N) is 4. The van der Waals surface area contributed by atoms with Crippen LogP contribution in [0.3, 0.4) is 0 Å². The second-order valence-corrected chi connectivity index (χ2v) is 11.6. The van der Waals surface area contributed by atoms with E-state index in [4.69, 9.17) is 5.73 Å². The summed E-state index contributed by atoms with van der Waals surface area (Å²) in [6, 6.07) is 6.44. The summed E-state index contributed by atoms with van der Waals surface area (Å²) in [5, 5.41) is 4.03. The molecule has 0 unspecified atom stereocenters. The maximum absolute atomic E-state index is 13.6. The molecule has 0 saturated carbocycles. The number of amides is 1. The average molecular weight is 616 g/mol. The molecule has 0 radical (unpaired) electrons. The average Bonchev–Trinajstić information content (AvgIpc) is 3.27. The first-order valence-electron chi connectivity index (χ1n) is 12.0. The van der Waals surface area contributed by atoms with Crippen molar-refractivity contribution >= 4 is 38.6 Å². The Morgan fingerprint density at radius 3 is 2.26 bits per heavy atom. The summed E-state index contributed by atoms with van der Waals surface area (Å²) in [6.45, 7) is 2.65. The highest BCUT2D eigenvalue weighted by Gasteiger charge is 2.35. The standard InChI is InChI=1S/C25H23F6N7O3S/c1-13-4-6-15(7-5-13)42(40,41)38-11-17(16-8-14(25(29,30)31)9-33-20(16)38)19-18(32)10-34-22(36-19)37-23(2,3)21(39)35-12-24(26,27)28/h4-11H,12,32H2,1-3H3,(H,35,39)(H,34,36,37). The van der Waals surface area contributed by atoms with Crippen LogP contribution in [-0.2, 0) is 21.0 Å². The summed E-state index contributed by atoms with van der Waals surface area (Å²) in [5.74, 6) is -1.38. The zero-order valence-electron chi connectivity index (χ0n) is 22.1. The highest BCUT2D eigenvalue weighted by Crippen LogP contribution is 2.38. The molecule has 0 bridgehead atoms. The molecule has 1 amide bonds. The van der Waals surface area contributed by atoms with Crippen LogP contribution in [0.25, 0.3) is 22.3 Å². The number of fused-ring (bicyclic) bond motifs is 1. The number of nitrogens with two attached hydrogens (primary N) is 1. The van der Waals surface area contributed by atoms with Gasteiger partial charge in [0.15, 0.2) is 5.65 Å². The largest absolute Gasteiger partial charge is 0.417 e. The lowest BCUT2D eigenvalue weighted by Crippen LogP contribution is -2.50. The Morgan fingerprint density at radius 2 is 1.67 bits per heavy atom. The highest BCUT2D eigenvalue weighted by atomic mass is 32.2. The molecule has 3 aromatic heterocycles. The molecule has 0 aliphatic heterocycles. The first-order valence-corrected chi connectivity index (χ1v) is 13.4. The number of carbonyl (C=O) groups excluding carboxylic acids is 1. The van der Waals surface area contributed by atoms with E-state index in [1.165, 1.54) is 26.0 Å². The molecule has 1 aromatic carbocycles. The number of hydrogen-bond donors (Lipinski definition) is 3. The van der Waals surface area contributed by atoms with Crippen molar-refractivity contribution < 1.29 is 39.6 Å². The van der Waals surface area contributed by atoms with Crippen molar-refractivity contribution in [2.24, 2.45) is 0 Å². The lowest BCUT2D eigenvalue weighted by molar-refractivity contribution is -0.140. The second kappa shape index (κ2) is 10.5. The number of aromatic nitrogens is 4. The monoisotopic (exact) mass is 615 g/mol. The number of halogens is 6. The van der Waals surface area contributed by atoms with E-state index in [0.717, 1.165) is 18.0 Å². The molecule has 4 N–H and O–H groups in total. The summed E-state index contributed by atoms with van der Waals surface area (Å²) in [7, 11) is -4.37. The number of rotatable bonds is 7. The summed E-state index contributed by atoms with van der Waals surface area (Å²) >= 11 is 0. The molecule has 0 spiro atoms. The van der Waals surface area contributed by atoms with Gasteiger partial charge < -0.3 is 16.4 Å². The Balaban J connectivity index is 1.85. The van der Waals surface area contributed by atoms with E-state index < -0.39 is 45.9 Å². The van der Waals surface area contributed by atoms with E-state index in [9.17, 15) is 39.6 Å². The van der Waals surface area contributed by atoms with Crippen LogP contribution in [-0.4, -0.2) is 51.5 Å². The molecule has 0 fully saturated rings. The Hall–Kier alpha value is -4.41. The van der Waals surface area contributed by atoms with E-state index in [-0.39, 0.29) is 38.8 Å². The Kier molecular flexibility index (Phi) is 7.60. The zero-order valence-corrected chi connectivity index (χ0v) is 22.9. The van der Waals surface area contributed by atoms with Gasteiger partial charge in [0.25, 0.3) is 10.0 Å². The Morgan fingerprint density at radius 1 is 1.02 bits per heavy atom. The third kappa shape index (κ3) is 6.24. The van der Waals surface area contributed by atoms with Crippen LogP contribution in [0, 0.1) is 6.92 Å². The fourth-order valence-electron chi connectivity index (χ4n) is 3.83. The molecule has 10 nitrogen and oxygen atoms in total. The minimum Gasteiger partial charge on any atom is -0.396 e. The molecular formula is C25H23F6N7O3S. The summed E-state index contributed by atoms with van der Waals surface area (Å²) in [4.78, 5) is 24.1. The lowest BCUT2D eigenvalue weighted by Gasteiger charge is -2.25. The highest BCUT2D eigenvalue weighted by molar-refractivity contribution is 7.90. The lowest BCUT2D eigenvalue weighted by atomic mass is 10.0. The van der Waals surface area contributed by atoms with Gasteiger partial charge in [-0.1, -0.05) is 17.7 Å². The summed E-state index contributed by atoms with van der Waals surface area (Å²) < 4.78 is 106. The van der Waals surface area contributed by atoms with Crippen LogP contribution in [0.4, 0.5) is 38.0 Å². The van der Waals surface area contributed by atoms with Crippen molar-refractivity contribution in [2.75, 3.05) is 17.6 Å². The number of pyridine rings is 1. The molecule has 4 rings (SSSR count). The number of aryl methyl sites for hydroxylation is 1. The van der Waals surface area contributed by atoms with Crippen molar-refractivity contribution in [3.8, 4) is 11.3 Å². The van der Waals surface area contributed by atoms with Crippen LogP contribution in [0.15, 0.2) is 53.8 Å². The van der Waals surface area contributed by atoms with Gasteiger partial charge in [-0.25, -0.2) is 27.3 Å². The molecule has 4 aromatic rings. The van der Waals surface area contributed by atoms with Gasteiger partial charge in [-0.3, -0.25) is 4.79 Å². The van der Waals surface area contributed by atoms with Gasteiger partial charge in [0.1, 0.15) is 17.8 Å². The predicted molar refractivity (Wildman–Crippen MR) is 141 cm³/mol. The summed E-state index contributed by atoms with van der Waals surface area (Å²) in [5.41, 5.74) is 3.04. The Labute approximate surface area is 235 Å².